The third-order valence-corrected chi connectivity index (χ3v) is 11.3. The van der Waals surface area contributed by atoms with Gasteiger partial charge in [-0.2, -0.15) is 0 Å². The Morgan fingerprint density at radius 3 is 1.62 bits per heavy atom. The zero-order valence-electron chi connectivity index (χ0n) is 8.97. The molecule has 0 unspecified atom stereocenters. The Balaban J connectivity index is 4.19. The van der Waals surface area contributed by atoms with Crippen LogP contribution in [0, 0.1) is 6.92 Å². The van der Waals surface area contributed by atoms with Crippen molar-refractivity contribution < 1.29 is 12.3 Å². The van der Waals surface area contributed by atoms with Gasteiger partial charge in [-0.05, 0) is 6.42 Å². The van der Waals surface area contributed by atoms with Crippen molar-refractivity contribution in [2.45, 2.75) is 32.1 Å². The van der Waals surface area contributed by atoms with Crippen LogP contribution < -0.4 is 0 Å². The molecule has 79 valence electrons. The smallest absolute Gasteiger partial charge is 0.423 e. The Kier molecular flexibility index (Phi) is 8.55. The minimum absolute atomic E-state index is 0.423. The molecule has 0 heterocycles. The topological polar surface area (TPSA) is 27.7 Å². The summed E-state index contributed by atoms with van der Waals surface area (Å²) in [5.41, 5.74) is 0. The van der Waals surface area contributed by atoms with E-state index in [9.17, 15) is 0 Å². The van der Waals surface area contributed by atoms with E-state index in [2.05, 4.69) is 26.6 Å². The van der Waals surface area contributed by atoms with E-state index in [0.29, 0.717) is 0 Å². The third kappa shape index (κ3) is 5.25. The molecule has 1 radical (unpaired) electrons. The Bertz CT molecular complexity index is 94.9. The Hall–Kier alpha value is 0.748. The molecule has 0 fully saturated rings. The van der Waals surface area contributed by atoms with E-state index in [1.165, 1.54) is 0 Å². The maximum absolute atomic E-state index is 5.81. The monoisotopic (exact) mass is 253 g/mol. The lowest BCUT2D eigenvalue weighted by molar-refractivity contribution is 0.282. The second-order valence-corrected chi connectivity index (χ2v) is 9.65. The lowest BCUT2D eigenvalue weighted by Gasteiger charge is -2.29. The van der Waals surface area contributed by atoms with Crippen LogP contribution in [0.15, 0.2) is 0 Å². The van der Waals surface area contributed by atoms with Crippen molar-refractivity contribution in [2.75, 3.05) is 0 Å². The van der Waals surface area contributed by atoms with Crippen LogP contribution in [-0.4, -0.2) is 38.1 Å². The molecule has 0 spiro atoms. The van der Waals surface area contributed by atoms with Gasteiger partial charge < -0.3 is 12.3 Å². The fraction of sp³-hybridized carbons (Fsp3) is 0.833. The lowest BCUT2D eigenvalue weighted by atomic mass is 10.6. The van der Waals surface area contributed by atoms with Gasteiger partial charge in [0.1, 0.15) is 29.3 Å². The molecule has 0 aromatic heterocycles. The molecule has 0 bridgehead atoms. The molecule has 0 aromatic carbocycles. The molecule has 0 aliphatic heterocycles. The van der Waals surface area contributed by atoms with Crippen LogP contribution in [0.3, 0.4) is 0 Å². The second-order valence-electron chi connectivity index (χ2n) is 2.59. The summed E-state index contributed by atoms with van der Waals surface area (Å²) in [7, 11) is -3.44. The molecule has 0 N–H and O–H groups in total. The zero-order chi connectivity index (χ0) is 10.2. The van der Waals surface area contributed by atoms with Gasteiger partial charge in [0.25, 0.3) is 0 Å². The van der Waals surface area contributed by atoms with E-state index in [-0.39, 0.29) is 0 Å². The number of hydrogen-bond donors (Lipinski definition) is 0. The van der Waals surface area contributed by atoms with Gasteiger partial charge in [-0.1, -0.05) is 26.6 Å². The SMILES string of the molecule is [CH2]CC[Si](O[SiH2]C)(O[SiH2]C)O[SiH2]C. The Labute approximate surface area is 89.7 Å². The van der Waals surface area contributed by atoms with Crippen LogP contribution in [-0.2, 0) is 12.3 Å². The summed E-state index contributed by atoms with van der Waals surface area (Å²) in [6.45, 7) is 10.3. The summed E-state index contributed by atoms with van der Waals surface area (Å²) in [4.78, 5) is 0. The zero-order valence-corrected chi connectivity index (χ0v) is 14.2. The van der Waals surface area contributed by atoms with Crippen molar-refractivity contribution in [1.82, 2.24) is 0 Å². The van der Waals surface area contributed by atoms with Crippen LogP contribution >= 0.6 is 0 Å². The van der Waals surface area contributed by atoms with Gasteiger partial charge in [-0.3, -0.25) is 0 Å². The number of hydrogen-bond acceptors (Lipinski definition) is 3. The van der Waals surface area contributed by atoms with Gasteiger partial charge in [0.15, 0.2) is 0 Å². The first-order valence-electron chi connectivity index (χ1n) is 4.95. The molecule has 3 nitrogen and oxygen atoms in total. The first-order valence-corrected chi connectivity index (χ1v) is 12.9. The molecule has 0 amide bonds. The summed E-state index contributed by atoms with van der Waals surface area (Å²) >= 11 is 0. The fourth-order valence-electron chi connectivity index (χ4n) is 1.22. The summed E-state index contributed by atoms with van der Waals surface area (Å²) in [6.07, 6.45) is 0.865. The molecule has 0 aromatic rings. The highest BCUT2D eigenvalue weighted by Gasteiger charge is 2.36. The summed E-state index contributed by atoms with van der Waals surface area (Å²) in [5.74, 6) is 0. The Morgan fingerprint density at radius 1 is 1.00 bits per heavy atom. The largest absolute Gasteiger partial charge is 0.468 e. The minimum atomic E-state index is -2.17. The van der Waals surface area contributed by atoms with Crippen LogP contribution in [0.25, 0.3) is 0 Å². The molecular weight excluding hydrogens is 232 g/mol. The van der Waals surface area contributed by atoms with Gasteiger partial charge in [-0.25, -0.2) is 0 Å². The molecule has 0 atom stereocenters. The van der Waals surface area contributed by atoms with Crippen molar-refractivity contribution in [2.24, 2.45) is 0 Å². The van der Waals surface area contributed by atoms with Gasteiger partial charge in [0.2, 0.25) is 0 Å². The molecule has 0 saturated carbocycles. The van der Waals surface area contributed by atoms with Gasteiger partial charge in [0.05, 0.1) is 0 Å². The molecule has 0 aliphatic rings. The fourth-order valence-corrected chi connectivity index (χ4v) is 11.9. The maximum Gasteiger partial charge on any atom is 0.468 e. The standard InChI is InChI=1S/C6H21O3Si4/c1-5-6-13(7-10-2,8-11-3)9-12-4/h1,5-6,10-12H2,2-4H3. The van der Waals surface area contributed by atoms with E-state index in [1.54, 1.807) is 0 Å². The quantitative estimate of drug-likeness (QED) is 0.551. The molecule has 7 heteroatoms. The molecular formula is C6H21O3Si4. The minimum Gasteiger partial charge on any atom is -0.423 e. The average molecular weight is 254 g/mol. The molecule has 0 saturated heterocycles. The van der Waals surface area contributed by atoms with Crippen molar-refractivity contribution >= 4 is 38.1 Å². The van der Waals surface area contributed by atoms with E-state index in [0.717, 1.165) is 12.5 Å². The van der Waals surface area contributed by atoms with Gasteiger partial charge in [-0.15, -0.1) is 0 Å². The van der Waals surface area contributed by atoms with E-state index < -0.39 is 38.1 Å². The molecule has 0 rings (SSSR count). The highest BCUT2D eigenvalue weighted by Crippen LogP contribution is 2.15. The van der Waals surface area contributed by atoms with Crippen LogP contribution in [0.1, 0.15) is 6.42 Å². The van der Waals surface area contributed by atoms with Crippen LogP contribution in [0.4, 0.5) is 0 Å². The summed E-state index contributed by atoms with van der Waals surface area (Å²) < 4.78 is 17.4. The highest BCUT2D eigenvalue weighted by atomic mass is 28.5. The van der Waals surface area contributed by atoms with Crippen molar-refractivity contribution in [3.8, 4) is 0 Å². The number of rotatable bonds is 8. The van der Waals surface area contributed by atoms with E-state index in [4.69, 9.17) is 12.3 Å². The molecule has 0 aliphatic carbocycles. The van der Waals surface area contributed by atoms with Gasteiger partial charge >= 0.3 is 8.80 Å². The second kappa shape index (κ2) is 8.09. The predicted octanol–water partition coefficient (Wildman–Crippen LogP) is -0.405. The third-order valence-electron chi connectivity index (χ3n) is 1.58. The predicted molar refractivity (Wildman–Crippen MR) is 67.0 cm³/mol. The van der Waals surface area contributed by atoms with Crippen molar-refractivity contribution in [3.05, 3.63) is 6.92 Å². The lowest BCUT2D eigenvalue weighted by Crippen LogP contribution is -2.47. The average Bonchev–Trinajstić information content (AvgIpc) is 2.06. The molecule has 13 heavy (non-hydrogen) atoms. The first kappa shape index (κ1) is 13.7. The summed E-state index contributed by atoms with van der Waals surface area (Å²) in [5, 5.41) is 0. The van der Waals surface area contributed by atoms with Crippen LogP contribution in [0.5, 0.6) is 0 Å². The van der Waals surface area contributed by atoms with Gasteiger partial charge in [0, 0.05) is 6.04 Å². The maximum atomic E-state index is 5.81. The first-order chi connectivity index (χ1) is 6.24. The normalized spacial score (nSPS) is 18.5. The Morgan fingerprint density at radius 2 is 1.38 bits per heavy atom. The van der Waals surface area contributed by atoms with Crippen molar-refractivity contribution in [3.63, 3.8) is 0 Å². The van der Waals surface area contributed by atoms with Crippen molar-refractivity contribution in [1.29, 1.82) is 0 Å². The van der Waals surface area contributed by atoms with E-state index in [1.807, 2.05) is 0 Å². The summed E-state index contributed by atoms with van der Waals surface area (Å²) in [6, 6.07) is 0.912. The van der Waals surface area contributed by atoms with Crippen LogP contribution in [0.2, 0.25) is 25.7 Å². The highest BCUT2D eigenvalue weighted by molar-refractivity contribution is 6.73. The van der Waals surface area contributed by atoms with E-state index >= 15 is 0 Å².